The summed E-state index contributed by atoms with van der Waals surface area (Å²) in [6, 6.07) is 15.1. The molecule has 1 N–H and O–H groups in total. The number of rotatable bonds is 5. The Morgan fingerprint density at radius 2 is 1.88 bits per heavy atom. The number of halogens is 1. The third kappa shape index (κ3) is 3.89. The van der Waals surface area contributed by atoms with Crippen molar-refractivity contribution in [1.82, 2.24) is 9.78 Å². The Kier molecular flexibility index (Phi) is 5.28. The van der Waals surface area contributed by atoms with Crippen molar-refractivity contribution in [1.29, 1.82) is 0 Å². The maximum absolute atomic E-state index is 12.3. The molecule has 0 aliphatic heterocycles. The molecule has 1 amide bonds. The molecular formula is C20H20ClN3O2. The summed E-state index contributed by atoms with van der Waals surface area (Å²) < 4.78 is 7.41. The molecule has 26 heavy (non-hydrogen) atoms. The Balaban J connectivity index is 1.71. The monoisotopic (exact) mass is 369 g/mol. The van der Waals surface area contributed by atoms with E-state index in [2.05, 4.69) is 10.4 Å². The number of para-hydroxylation sites is 1. The lowest BCUT2D eigenvalue weighted by atomic mass is 10.2. The van der Waals surface area contributed by atoms with Crippen LogP contribution in [0.3, 0.4) is 0 Å². The van der Waals surface area contributed by atoms with Crippen LogP contribution in [0.5, 0.6) is 5.75 Å². The zero-order valence-corrected chi connectivity index (χ0v) is 15.7. The fraction of sp³-hybridized carbons (Fsp3) is 0.200. The van der Waals surface area contributed by atoms with Gasteiger partial charge in [0.05, 0.1) is 22.8 Å². The minimum absolute atomic E-state index is 0.0854. The van der Waals surface area contributed by atoms with Crippen molar-refractivity contribution >= 4 is 23.2 Å². The predicted octanol–water partition coefficient (Wildman–Crippen LogP) is 4.47. The summed E-state index contributed by atoms with van der Waals surface area (Å²) in [6.07, 6.45) is 0. The van der Waals surface area contributed by atoms with Crippen LogP contribution in [-0.4, -0.2) is 22.3 Å². The number of benzene rings is 2. The fourth-order valence-corrected chi connectivity index (χ4v) is 2.96. The van der Waals surface area contributed by atoms with Crippen molar-refractivity contribution in [2.75, 3.05) is 11.9 Å². The van der Waals surface area contributed by atoms with Crippen LogP contribution in [0.15, 0.2) is 48.5 Å². The fourth-order valence-electron chi connectivity index (χ4n) is 2.74. The summed E-state index contributed by atoms with van der Waals surface area (Å²) in [4.78, 5) is 12.3. The van der Waals surface area contributed by atoms with E-state index < -0.39 is 0 Å². The highest BCUT2D eigenvalue weighted by Gasteiger charge is 2.15. The van der Waals surface area contributed by atoms with Crippen molar-refractivity contribution in [2.24, 2.45) is 0 Å². The molecule has 0 radical (unpaired) electrons. The molecule has 6 heteroatoms. The number of aryl methyl sites for hydroxylation is 2. The third-order valence-corrected chi connectivity index (χ3v) is 4.29. The van der Waals surface area contributed by atoms with Crippen LogP contribution in [0.2, 0.25) is 5.02 Å². The number of carbonyl (C=O) groups excluding carboxylic acids is 1. The number of amides is 1. The second-order valence-corrected chi connectivity index (χ2v) is 6.48. The van der Waals surface area contributed by atoms with Crippen molar-refractivity contribution in [3.8, 4) is 11.4 Å². The molecule has 0 spiro atoms. The minimum Gasteiger partial charge on any atom is -0.483 e. The highest BCUT2D eigenvalue weighted by atomic mass is 35.5. The van der Waals surface area contributed by atoms with Crippen LogP contribution >= 0.6 is 11.6 Å². The van der Waals surface area contributed by atoms with Crippen molar-refractivity contribution in [3.05, 3.63) is 70.5 Å². The van der Waals surface area contributed by atoms with Gasteiger partial charge in [-0.2, -0.15) is 5.10 Å². The van der Waals surface area contributed by atoms with Gasteiger partial charge in [0, 0.05) is 5.02 Å². The molecule has 0 atom stereocenters. The molecule has 0 fully saturated rings. The second-order valence-electron chi connectivity index (χ2n) is 6.04. The van der Waals surface area contributed by atoms with Crippen LogP contribution in [-0.2, 0) is 4.79 Å². The van der Waals surface area contributed by atoms with Crippen molar-refractivity contribution in [2.45, 2.75) is 20.8 Å². The van der Waals surface area contributed by atoms with E-state index >= 15 is 0 Å². The van der Waals surface area contributed by atoms with Gasteiger partial charge in [0.25, 0.3) is 5.91 Å². The molecular weight excluding hydrogens is 350 g/mol. The van der Waals surface area contributed by atoms with E-state index in [1.807, 2.05) is 55.8 Å². The molecule has 5 nitrogen and oxygen atoms in total. The Hall–Kier alpha value is -2.79. The number of aromatic nitrogens is 2. The van der Waals surface area contributed by atoms with E-state index in [9.17, 15) is 4.79 Å². The van der Waals surface area contributed by atoms with E-state index in [0.717, 1.165) is 22.6 Å². The van der Waals surface area contributed by atoms with Gasteiger partial charge in [-0.3, -0.25) is 4.79 Å². The van der Waals surface area contributed by atoms with Gasteiger partial charge in [-0.05, 0) is 56.7 Å². The number of hydrogen-bond donors (Lipinski definition) is 1. The molecule has 0 aliphatic rings. The maximum Gasteiger partial charge on any atom is 0.262 e. The van der Waals surface area contributed by atoms with Gasteiger partial charge in [-0.25, -0.2) is 4.68 Å². The zero-order valence-electron chi connectivity index (χ0n) is 14.9. The van der Waals surface area contributed by atoms with Gasteiger partial charge in [-0.1, -0.05) is 29.8 Å². The van der Waals surface area contributed by atoms with Gasteiger partial charge >= 0.3 is 0 Å². The molecule has 1 heterocycles. The van der Waals surface area contributed by atoms with E-state index in [1.54, 1.807) is 18.2 Å². The van der Waals surface area contributed by atoms with E-state index in [0.29, 0.717) is 16.5 Å². The van der Waals surface area contributed by atoms with Crippen LogP contribution in [0.1, 0.15) is 17.0 Å². The van der Waals surface area contributed by atoms with Gasteiger partial charge < -0.3 is 10.1 Å². The summed E-state index contributed by atoms with van der Waals surface area (Å²) in [7, 11) is 0. The van der Waals surface area contributed by atoms with Crippen LogP contribution in [0, 0.1) is 20.8 Å². The molecule has 0 unspecified atom stereocenters. The average molecular weight is 370 g/mol. The number of hydrogen-bond acceptors (Lipinski definition) is 3. The third-order valence-electron chi connectivity index (χ3n) is 4.05. The molecule has 0 aliphatic carbocycles. The van der Waals surface area contributed by atoms with E-state index in [1.165, 1.54) is 0 Å². The highest BCUT2D eigenvalue weighted by Crippen LogP contribution is 2.24. The molecule has 3 rings (SSSR count). The summed E-state index contributed by atoms with van der Waals surface area (Å²) in [6.45, 7) is 5.59. The summed E-state index contributed by atoms with van der Waals surface area (Å²) in [5.41, 5.74) is 4.15. The lowest BCUT2D eigenvalue weighted by molar-refractivity contribution is -0.118. The normalized spacial score (nSPS) is 10.6. The molecule has 3 aromatic rings. The van der Waals surface area contributed by atoms with Gasteiger partial charge in [0.15, 0.2) is 6.61 Å². The smallest absolute Gasteiger partial charge is 0.262 e. The maximum atomic E-state index is 12.3. The Labute approximate surface area is 157 Å². The van der Waals surface area contributed by atoms with Crippen LogP contribution in [0.25, 0.3) is 5.69 Å². The van der Waals surface area contributed by atoms with Gasteiger partial charge in [0.1, 0.15) is 5.75 Å². The van der Waals surface area contributed by atoms with Crippen molar-refractivity contribution < 1.29 is 9.53 Å². The first kappa shape index (κ1) is 18.0. The average Bonchev–Trinajstić information content (AvgIpc) is 2.90. The number of nitrogens with one attached hydrogen (secondary N) is 1. The van der Waals surface area contributed by atoms with Gasteiger partial charge in [0.2, 0.25) is 0 Å². The summed E-state index contributed by atoms with van der Waals surface area (Å²) in [5.74, 6) is 0.399. The number of carbonyl (C=O) groups is 1. The SMILES string of the molecule is Cc1cc(Cl)ccc1OCC(=O)Nc1c(C)nn(-c2ccccc2)c1C. The second kappa shape index (κ2) is 7.62. The summed E-state index contributed by atoms with van der Waals surface area (Å²) >= 11 is 5.93. The largest absolute Gasteiger partial charge is 0.483 e. The Morgan fingerprint density at radius 1 is 1.15 bits per heavy atom. The number of anilines is 1. The highest BCUT2D eigenvalue weighted by molar-refractivity contribution is 6.30. The first-order chi connectivity index (χ1) is 12.5. The molecule has 2 aromatic carbocycles. The topological polar surface area (TPSA) is 56.1 Å². The van der Waals surface area contributed by atoms with Crippen LogP contribution in [0.4, 0.5) is 5.69 Å². The Bertz CT molecular complexity index is 936. The quantitative estimate of drug-likeness (QED) is 0.722. The molecule has 134 valence electrons. The van der Waals surface area contributed by atoms with E-state index in [-0.39, 0.29) is 12.5 Å². The van der Waals surface area contributed by atoms with E-state index in [4.69, 9.17) is 16.3 Å². The molecule has 0 saturated heterocycles. The first-order valence-electron chi connectivity index (χ1n) is 8.26. The molecule has 1 aromatic heterocycles. The Morgan fingerprint density at radius 3 is 2.58 bits per heavy atom. The standard InChI is InChI=1S/C20H20ClN3O2/c1-13-11-16(21)9-10-18(13)26-12-19(25)22-20-14(2)23-24(15(20)3)17-7-5-4-6-8-17/h4-11H,12H2,1-3H3,(H,22,25). The molecule has 0 bridgehead atoms. The first-order valence-corrected chi connectivity index (χ1v) is 8.64. The van der Waals surface area contributed by atoms with Crippen LogP contribution < -0.4 is 10.1 Å². The predicted molar refractivity (Wildman–Crippen MR) is 103 cm³/mol. The lowest BCUT2D eigenvalue weighted by Gasteiger charge is -2.10. The zero-order chi connectivity index (χ0) is 18.7. The minimum atomic E-state index is -0.238. The number of ether oxygens (including phenoxy) is 1. The number of nitrogens with zero attached hydrogens (tertiary/aromatic N) is 2. The van der Waals surface area contributed by atoms with Crippen molar-refractivity contribution in [3.63, 3.8) is 0 Å². The molecule has 0 saturated carbocycles. The summed E-state index contributed by atoms with van der Waals surface area (Å²) in [5, 5.41) is 8.06. The lowest BCUT2D eigenvalue weighted by Crippen LogP contribution is -2.21. The van der Waals surface area contributed by atoms with Gasteiger partial charge in [-0.15, -0.1) is 0 Å².